The first-order valence-corrected chi connectivity index (χ1v) is 5.45. The molecule has 1 rings (SSSR count). The first kappa shape index (κ1) is 11.7. The topological polar surface area (TPSA) is 24.5 Å². The van der Waals surface area contributed by atoms with Crippen LogP contribution in [0.25, 0.3) is 0 Å². The van der Waals surface area contributed by atoms with E-state index < -0.39 is 0 Å². The lowest BCUT2D eigenvalue weighted by molar-refractivity contribution is 0.114. The number of nitrogens with zero attached hydrogens (tertiary/aromatic N) is 1. The van der Waals surface area contributed by atoms with Gasteiger partial charge in [-0.05, 0) is 26.4 Å². The molecule has 1 aliphatic rings. The van der Waals surface area contributed by atoms with E-state index in [0.717, 1.165) is 26.2 Å². The van der Waals surface area contributed by atoms with Gasteiger partial charge in [0.05, 0.1) is 13.2 Å². The standard InChI is InChI=1S/C11H22N2O/c1-3-4-8-14-9-7-13-6-5-11(10-13)12-2/h3,11-12H,1,4-10H2,2H3. The molecule has 1 heterocycles. The minimum absolute atomic E-state index is 0.683. The Hall–Kier alpha value is -0.380. The number of likely N-dealkylation sites (N-methyl/N-ethyl adjacent to an activating group) is 1. The Morgan fingerprint density at radius 2 is 2.43 bits per heavy atom. The average Bonchev–Trinajstić information content (AvgIpc) is 2.65. The van der Waals surface area contributed by atoms with Crippen LogP contribution in [-0.4, -0.2) is 50.8 Å². The van der Waals surface area contributed by atoms with Crippen molar-refractivity contribution in [3.05, 3.63) is 12.7 Å². The van der Waals surface area contributed by atoms with Gasteiger partial charge in [-0.15, -0.1) is 6.58 Å². The maximum absolute atomic E-state index is 5.47. The van der Waals surface area contributed by atoms with Crippen LogP contribution in [0.3, 0.4) is 0 Å². The Bertz CT molecular complexity index is 161. The van der Waals surface area contributed by atoms with Crippen LogP contribution in [0, 0.1) is 0 Å². The van der Waals surface area contributed by atoms with Crippen LogP contribution in [0.15, 0.2) is 12.7 Å². The lowest BCUT2D eigenvalue weighted by atomic mass is 10.3. The third-order valence-corrected chi connectivity index (χ3v) is 2.70. The molecule has 14 heavy (non-hydrogen) atoms. The van der Waals surface area contributed by atoms with Gasteiger partial charge in [-0.3, -0.25) is 4.90 Å². The number of rotatable bonds is 7. The highest BCUT2D eigenvalue weighted by molar-refractivity contribution is 4.79. The Morgan fingerprint density at radius 1 is 1.57 bits per heavy atom. The molecule has 0 aromatic heterocycles. The van der Waals surface area contributed by atoms with E-state index in [1.807, 2.05) is 13.1 Å². The van der Waals surface area contributed by atoms with E-state index in [-0.39, 0.29) is 0 Å². The normalized spacial score (nSPS) is 22.8. The molecule has 3 heteroatoms. The Labute approximate surface area is 87.1 Å². The second kappa shape index (κ2) is 6.98. The predicted octanol–water partition coefficient (Wildman–Crippen LogP) is 0.873. The molecule has 1 unspecified atom stereocenters. The van der Waals surface area contributed by atoms with Crippen LogP contribution < -0.4 is 5.32 Å². The van der Waals surface area contributed by atoms with Crippen molar-refractivity contribution in [1.29, 1.82) is 0 Å². The fourth-order valence-electron chi connectivity index (χ4n) is 1.73. The third-order valence-electron chi connectivity index (χ3n) is 2.70. The van der Waals surface area contributed by atoms with Gasteiger partial charge in [0.2, 0.25) is 0 Å². The molecule has 0 spiro atoms. The summed E-state index contributed by atoms with van der Waals surface area (Å²) in [6, 6.07) is 0.683. The molecule has 0 aromatic rings. The Morgan fingerprint density at radius 3 is 3.07 bits per heavy atom. The van der Waals surface area contributed by atoms with E-state index in [4.69, 9.17) is 4.74 Å². The highest BCUT2D eigenvalue weighted by Crippen LogP contribution is 2.07. The first-order chi connectivity index (χ1) is 6.86. The summed E-state index contributed by atoms with van der Waals surface area (Å²) in [5, 5.41) is 3.31. The summed E-state index contributed by atoms with van der Waals surface area (Å²) in [6.07, 6.45) is 4.12. The summed E-state index contributed by atoms with van der Waals surface area (Å²) in [6.45, 7) is 8.76. The van der Waals surface area contributed by atoms with E-state index >= 15 is 0 Å². The van der Waals surface area contributed by atoms with Crippen LogP contribution in [0.5, 0.6) is 0 Å². The molecule has 0 bridgehead atoms. The molecule has 0 radical (unpaired) electrons. The monoisotopic (exact) mass is 198 g/mol. The van der Waals surface area contributed by atoms with Gasteiger partial charge in [0.1, 0.15) is 0 Å². The largest absolute Gasteiger partial charge is 0.380 e. The number of ether oxygens (including phenoxy) is 1. The van der Waals surface area contributed by atoms with Gasteiger partial charge in [0, 0.05) is 19.1 Å². The van der Waals surface area contributed by atoms with Crippen molar-refractivity contribution < 1.29 is 4.74 Å². The maximum atomic E-state index is 5.47. The number of nitrogens with one attached hydrogen (secondary N) is 1. The summed E-state index contributed by atoms with van der Waals surface area (Å²) in [5.74, 6) is 0. The molecule has 82 valence electrons. The van der Waals surface area contributed by atoms with Crippen molar-refractivity contribution in [3.63, 3.8) is 0 Å². The second-order valence-electron chi connectivity index (χ2n) is 3.76. The molecular formula is C11H22N2O. The number of hydrogen-bond donors (Lipinski definition) is 1. The lowest BCUT2D eigenvalue weighted by Gasteiger charge is -2.15. The molecule has 0 aromatic carbocycles. The van der Waals surface area contributed by atoms with Gasteiger partial charge >= 0.3 is 0 Å². The molecule has 1 atom stereocenters. The van der Waals surface area contributed by atoms with Crippen molar-refractivity contribution in [1.82, 2.24) is 10.2 Å². The minimum atomic E-state index is 0.683. The zero-order valence-corrected chi connectivity index (χ0v) is 9.17. The van der Waals surface area contributed by atoms with E-state index in [1.165, 1.54) is 19.5 Å². The summed E-state index contributed by atoms with van der Waals surface area (Å²) in [5.41, 5.74) is 0. The molecule has 1 N–H and O–H groups in total. The van der Waals surface area contributed by atoms with Crippen molar-refractivity contribution in [2.75, 3.05) is 39.9 Å². The van der Waals surface area contributed by atoms with E-state index in [0.29, 0.717) is 6.04 Å². The van der Waals surface area contributed by atoms with Gasteiger partial charge in [0.25, 0.3) is 0 Å². The van der Waals surface area contributed by atoms with E-state index in [9.17, 15) is 0 Å². The fourth-order valence-corrected chi connectivity index (χ4v) is 1.73. The molecular weight excluding hydrogens is 176 g/mol. The Balaban J connectivity index is 1.94. The quantitative estimate of drug-likeness (QED) is 0.485. The molecule has 1 aliphatic heterocycles. The molecule has 1 saturated heterocycles. The van der Waals surface area contributed by atoms with Crippen molar-refractivity contribution in [2.24, 2.45) is 0 Å². The van der Waals surface area contributed by atoms with Gasteiger partial charge < -0.3 is 10.1 Å². The molecule has 1 fully saturated rings. The predicted molar refractivity (Wildman–Crippen MR) is 59.5 cm³/mol. The number of hydrogen-bond acceptors (Lipinski definition) is 3. The summed E-state index contributed by atoms with van der Waals surface area (Å²) in [4.78, 5) is 2.45. The second-order valence-corrected chi connectivity index (χ2v) is 3.76. The lowest BCUT2D eigenvalue weighted by Crippen LogP contribution is -2.31. The van der Waals surface area contributed by atoms with Crippen molar-refractivity contribution >= 4 is 0 Å². The maximum Gasteiger partial charge on any atom is 0.0593 e. The molecule has 3 nitrogen and oxygen atoms in total. The van der Waals surface area contributed by atoms with E-state index in [1.54, 1.807) is 0 Å². The van der Waals surface area contributed by atoms with Crippen LogP contribution >= 0.6 is 0 Å². The zero-order chi connectivity index (χ0) is 10.2. The van der Waals surface area contributed by atoms with Crippen LogP contribution in [0.2, 0.25) is 0 Å². The Kier molecular flexibility index (Phi) is 5.83. The summed E-state index contributed by atoms with van der Waals surface area (Å²) < 4.78 is 5.47. The smallest absolute Gasteiger partial charge is 0.0593 e. The van der Waals surface area contributed by atoms with Crippen LogP contribution in [0.1, 0.15) is 12.8 Å². The average molecular weight is 198 g/mol. The SMILES string of the molecule is C=CCCOCCN1CCC(NC)C1. The van der Waals surface area contributed by atoms with Gasteiger partial charge in [-0.25, -0.2) is 0 Å². The number of likely N-dealkylation sites (tertiary alicyclic amines) is 1. The highest BCUT2D eigenvalue weighted by Gasteiger charge is 2.19. The van der Waals surface area contributed by atoms with Gasteiger partial charge in [-0.2, -0.15) is 0 Å². The minimum Gasteiger partial charge on any atom is -0.380 e. The zero-order valence-electron chi connectivity index (χ0n) is 9.17. The van der Waals surface area contributed by atoms with Gasteiger partial charge in [-0.1, -0.05) is 6.08 Å². The first-order valence-electron chi connectivity index (χ1n) is 5.45. The summed E-state index contributed by atoms with van der Waals surface area (Å²) in [7, 11) is 2.04. The summed E-state index contributed by atoms with van der Waals surface area (Å²) >= 11 is 0. The molecule has 0 amide bonds. The highest BCUT2D eigenvalue weighted by atomic mass is 16.5. The molecule has 0 saturated carbocycles. The van der Waals surface area contributed by atoms with Gasteiger partial charge in [0.15, 0.2) is 0 Å². The van der Waals surface area contributed by atoms with Crippen molar-refractivity contribution in [2.45, 2.75) is 18.9 Å². The van der Waals surface area contributed by atoms with E-state index in [2.05, 4.69) is 16.8 Å². The molecule has 0 aliphatic carbocycles. The fraction of sp³-hybridized carbons (Fsp3) is 0.818. The van der Waals surface area contributed by atoms with Crippen molar-refractivity contribution in [3.8, 4) is 0 Å². The van der Waals surface area contributed by atoms with Crippen LogP contribution in [-0.2, 0) is 4.74 Å². The van der Waals surface area contributed by atoms with Crippen LogP contribution in [0.4, 0.5) is 0 Å². The third kappa shape index (κ3) is 4.22.